The van der Waals surface area contributed by atoms with Crippen molar-refractivity contribution in [1.29, 1.82) is 0 Å². The fourth-order valence-electron chi connectivity index (χ4n) is 2.44. The molecule has 1 aromatic rings. The van der Waals surface area contributed by atoms with Crippen LogP contribution in [-0.2, 0) is 16.0 Å². The van der Waals surface area contributed by atoms with Gasteiger partial charge in [0.05, 0.1) is 5.92 Å². The first-order valence-corrected chi connectivity index (χ1v) is 7.34. The Morgan fingerprint density at radius 2 is 2.00 bits per heavy atom. The van der Waals surface area contributed by atoms with E-state index < -0.39 is 11.9 Å². The number of carbonyl (C=O) groups excluding carboxylic acids is 1. The Morgan fingerprint density at radius 1 is 1.29 bits per heavy atom. The van der Waals surface area contributed by atoms with E-state index >= 15 is 0 Å². The molecule has 4 nitrogen and oxygen atoms in total. The van der Waals surface area contributed by atoms with Crippen molar-refractivity contribution in [1.82, 2.24) is 0 Å². The zero-order valence-electron chi connectivity index (χ0n) is 12.2. The largest absolute Gasteiger partial charge is 0.481 e. The maximum absolute atomic E-state index is 12.1. The van der Waals surface area contributed by atoms with E-state index in [1.54, 1.807) is 6.92 Å². The lowest BCUT2D eigenvalue weighted by molar-refractivity contribution is -0.141. The zero-order valence-corrected chi connectivity index (χ0v) is 12.2. The molecular weight excluding hydrogens is 266 g/mol. The van der Waals surface area contributed by atoms with Crippen molar-refractivity contribution < 1.29 is 14.7 Å². The number of rotatable bonds is 5. The highest BCUT2D eigenvalue weighted by molar-refractivity contribution is 5.92. The van der Waals surface area contributed by atoms with Gasteiger partial charge in [0.1, 0.15) is 0 Å². The standard InChI is InChI=1S/C17H21NO3/c1-12(17(20)21)11-13-7-9-15(10-8-13)18-16(19)14-5-3-2-4-6-14/h2-3,7-10,12,14H,4-6,11H2,1H3,(H,18,19)(H,20,21). The minimum absolute atomic E-state index is 0.0571. The van der Waals surface area contributed by atoms with E-state index in [-0.39, 0.29) is 11.8 Å². The van der Waals surface area contributed by atoms with Gasteiger partial charge in [0.2, 0.25) is 5.91 Å². The maximum Gasteiger partial charge on any atom is 0.306 e. The van der Waals surface area contributed by atoms with Crippen LogP contribution >= 0.6 is 0 Å². The minimum Gasteiger partial charge on any atom is -0.481 e. The number of aliphatic carboxylic acids is 1. The maximum atomic E-state index is 12.1. The molecule has 0 radical (unpaired) electrons. The molecule has 2 N–H and O–H groups in total. The monoisotopic (exact) mass is 287 g/mol. The molecule has 0 heterocycles. The van der Waals surface area contributed by atoms with Crippen molar-refractivity contribution in [2.45, 2.75) is 32.6 Å². The number of anilines is 1. The minimum atomic E-state index is -0.794. The highest BCUT2D eigenvalue weighted by atomic mass is 16.4. The quantitative estimate of drug-likeness (QED) is 0.817. The Morgan fingerprint density at radius 3 is 2.57 bits per heavy atom. The third-order valence-electron chi connectivity index (χ3n) is 3.82. The lowest BCUT2D eigenvalue weighted by Crippen LogP contribution is -2.23. The van der Waals surface area contributed by atoms with Crippen LogP contribution in [0.1, 0.15) is 31.7 Å². The molecule has 1 amide bonds. The van der Waals surface area contributed by atoms with E-state index in [9.17, 15) is 9.59 Å². The molecule has 0 saturated carbocycles. The number of carboxylic acids is 1. The number of hydrogen-bond acceptors (Lipinski definition) is 2. The second-order valence-corrected chi connectivity index (χ2v) is 5.61. The summed E-state index contributed by atoms with van der Waals surface area (Å²) in [6.07, 6.45) is 7.34. The first kappa shape index (κ1) is 15.3. The summed E-state index contributed by atoms with van der Waals surface area (Å²) in [6, 6.07) is 7.41. The molecule has 1 aliphatic carbocycles. The Bertz CT molecular complexity index is 533. The summed E-state index contributed by atoms with van der Waals surface area (Å²) in [5.74, 6) is -1.08. The van der Waals surface area contributed by atoms with Crippen molar-refractivity contribution in [3.8, 4) is 0 Å². The van der Waals surface area contributed by atoms with E-state index in [0.717, 1.165) is 30.5 Å². The van der Waals surface area contributed by atoms with Gasteiger partial charge in [-0.2, -0.15) is 0 Å². The van der Waals surface area contributed by atoms with E-state index in [1.165, 1.54) is 0 Å². The SMILES string of the molecule is CC(Cc1ccc(NC(=O)C2CC=CCC2)cc1)C(=O)O. The summed E-state index contributed by atoms with van der Waals surface area (Å²) >= 11 is 0. The fraction of sp³-hybridized carbons (Fsp3) is 0.412. The molecule has 1 aromatic carbocycles. The topological polar surface area (TPSA) is 66.4 Å². The second kappa shape index (κ2) is 7.07. The molecule has 0 bridgehead atoms. The van der Waals surface area contributed by atoms with Crippen LogP contribution in [0.25, 0.3) is 0 Å². The summed E-state index contributed by atoms with van der Waals surface area (Å²) < 4.78 is 0. The van der Waals surface area contributed by atoms with Crippen molar-refractivity contribution in [2.75, 3.05) is 5.32 Å². The molecule has 2 rings (SSSR count). The fourth-order valence-corrected chi connectivity index (χ4v) is 2.44. The summed E-state index contributed by atoms with van der Waals surface area (Å²) in [5.41, 5.74) is 1.73. The van der Waals surface area contributed by atoms with Crippen LogP contribution in [0.3, 0.4) is 0 Å². The summed E-state index contributed by atoms with van der Waals surface area (Å²) in [4.78, 5) is 22.9. The molecule has 0 aliphatic heterocycles. The Hall–Kier alpha value is -2.10. The van der Waals surface area contributed by atoms with Crippen LogP contribution < -0.4 is 5.32 Å². The van der Waals surface area contributed by atoms with E-state index in [4.69, 9.17) is 5.11 Å². The highest BCUT2D eigenvalue weighted by Gasteiger charge is 2.18. The average molecular weight is 287 g/mol. The van der Waals surface area contributed by atoms with Crippen molar-refractivity contribution >= 4 is 17.6 Å². The van der Waals surface area contributed by atoms with Crippen molar-refractivity contribution in [3.05, 3.63) is 42.0 Å². The summed E-state index contributed by atoms with van der Waals surface area (Å²) in [5, 5.41) is 11.8. The third-order valence-corrected chi connectivity index (χ3v) is 3.82. The molecule has 1 aliphatic rings. The molecule has 0 spiro atoms. The van der Waals surface area contributed by atoms with Gasteiger partial charge in [0.25, 0.3) is 0 Å². The number of carbonyl (C=O) groups is 2. The predicted molar refractivity (Wildman–Crippen MR) is 82.1 cm³/mol. The average Bonchev–Trinajstić information content (AvgIpc) is 2.50. The number of allylic oxidation sites excluding steroid dienone is 2. The molecule has 0 saturated heterocycles. The van der Waals surface area contributed by atoms with Crippen molar-refractivity contribution in [2.24, 2.45) is 11.8 Å². The van der Waals surface area contributed by atoms with Crippen LogP contribution in [0.4, 0.5) is 5.69 Å². The van der Waals surface area contributed by atoms with Gasteiger partial charge >= 0.3 is 5.97 Å². The van der Waals surface area contributed by atoms with Gasteiger partial charge in [-0.25, -0.2) is 0 Å². The molecule has 21 heavy (non-hydrogen) atoms. The predicted octanol–water partition coefficient (Wildman–Crippen LogP) is 3.24. The van der Waals surface area contributed by atoms with Crippen LogP contribution in [0.15, 0.2) is 36.4 Å². The first-order chi connectivity index (χ1) is 10.1. The van der Waals surface area contributed by atoms with E-state index in [0.29, 0.717) is 6.42 Å². The normalized spacial score (nSPS) is 19.0. The number of amides is 1. The van der Waals surface area contributed by atoms with Gasteiger partial charge in [-0.3, -0.25) is 9.59 Å². The molecule has 2 atom stereocenters. The number of hydrogen-bond donors (Lipinski definition) is 2. The zero-order chi connectivity index (χ0) is 15.2. The lowest BCUT2D eigenvalue weighted by atomic mass is 9.93. The smallest absolute Gasteiger partial charge is 0.306 e. The molecule has 2 unspecified atom stereocenters. The third kappa shape index (κ3) is 4.45. The van der Waals surface area contributed by atoms with Crippen LogP contribution in [0.2, 0.25) is 0 Å². The Balaban J connectivity index is 1.91. The number of nitrogens with one attached hydrogen (secondary N) is 1. The van der Waals surface area contributed by atoms with Crippen LogP contribution in [0, 0.1) is 11.8 Å². The van der Waals surface area contributed by atoms with Crippen molar-refractivity contribution in [3.63, 3.8) is 0 Å². The number of benzene rings is 1. The Labute approximate surface area is 124 Å². The van der Waals surface area contributed by atoms with Gasteiger partial charge in [-0.1, -0.05) is 31.2 Å². The van der Waals surface area contributed by atoms with Crippen LogP contribution in [-0.4, -0.2) is 17.0 Å². The van der Waals surface area contributed by atoms with E-state index in [2.05, 4.69) is 17.5 Å². The van der Waals surface area contributed by atoms with Gasteiger partial charge in [-0.15, -0.1) is 0 Å². The van der Waals surface area contributed by atoms with Gasteiger partial charge in [-0.05, 0) is 43.4 Å². The summed E-state index contributed by atoms with van der Waals surface area (Å²) in [6.45, 7) is 1.69. The molecule has 112 valence electrons. The van der Waals surface area contributed by atoms with Gasteiger partial charge < -0.3 is 10.4 Å². The molecule has 0 aromatic heterocycles. The molecule has 0 fully saturated rings. The van der Waals surface area contributed by atoms with Gasteiger partial charge in [0.15, 0.2) is 0 Å². The Kier molecular flexibility index (Phi) is 5.14. The lowest BCUT2D eigenvalue weighted by Gasteiger charge is -2.17. The summed E-state index contributed by atoms with van der Waals surface area (Å²) in [7, 11) is 0. The van der Waals surface area contributed by atoms with Gasteiger partial charge in [0, 0.05) is 11.6 Å². The highest BCUT2D eigenvalue weighted by Crippen LogP contribution is 2.21. The molecular formula is C17H21NO3. The molecule has 4 heteroatoms. The second-order valence-electron chi connectivity index (χ2n) is 5.61. The number of carboxylic acid groups (broad SMARTS) is 1. The first-order valence-electron chi connectivity index (χ1n) is 7.34. The van der Waals surface area contributed by atoms with Crippen LogP contribution in [0.5, 0.6) is 0 Å². The van der Waals surface area contributed by atoms with E-state index in [1.807, 2.05) is 24.3 Å².